The van der Waals surface area contributed by atoms with Gasteiger partial charge in [0.2, 0.25) is 0 Å². The number of hydrogen-bond acceptors (Lipinski definition) is 5. The summed E-state index contributed by atoms with van der Waals surface area (Å²) in [7, 11) is 5.30. The van der Waals surface area contributed by atoms with E-state index in [2.05, 4.69) is 9.88 Å². The van der Waals surface area contributed by atoms with Crippen molar-refractivity contribution in [2.24, 2.45) is 0 Å². The monoisotopic (exact) mass is 298 g/mol. The summed E-state index contributed by atoms with van der Waals surface area (Å²) in [4.78, 5) is 6.54. The standard InChI is InChI=1S/C17H18N2O3/c1-19(17-15-5-7-22-16(15)4-6-18-17)11-12-8-13(20-2)10-14(9-12)21-3/h4-10H,11H2,1-3H3. The molecule has 5 heteroatoms. The number of hydrogen-bond donors (Lipinski definition) is 0. The summed E-state index contributed by atoms with van der Waals surface area (Å²) < 4.78 is 16.1. The second kappa shape index (κ2) is 5.97. The Bertz CT molecular complexity index is 760. The maximum Gasteiger partial charge on any atom is 0.139 e. The zero-order valence-electron chi connectivity index (χ0n) is 12.9. The quantitative estimate of drug-likeness (QED) is 0.721. The molecule has 2 aromatic heterocycles. The topological polar surface area (TPSA) is 47.7 Å². The molecule has 0 bridgehead atoms. The fourth-order valence-electron chi connectivity index (χ4n) is 2.49. The molecular formula is C17H18N2O3. The normalized spacial score (nSPS) is 10.7. The number of rotatable bonds is 5. The maximum atomic E-state index is 5.43. The molecule has 0 unspecified atom stereocenters. The summed E-state index contributed by atoms with van der Waals surface area (Å²) in [5.41, 5.74) is 1.92. The van der Waals surface area contributed by atoms with E-state index >= 15 is 0 Å². The summed E-state index contributed by atoms with van der Waals surface area (Å²) in [6.07, 6.45) is 3.43. The smallest absolute Gasteiger partial charge is 0.139 e. The van der Waals surface area contributed by atoms with Crippen molar-refractivity contribution in [1.29, 1.82) is 0 Å². The van der Waals surface area contributed by atoms with E-state index in [1.807, 2.05) is 37.4 Å². The first kappa shape index (κ1) is 14.3. The van der Waals surface area contributed by atoms with Crippen LogP contribution in [0.1, 0.15) is 5.56 Å². The molecule has 2 heterocycles. The van der Waals surface area contributed by atoms with Crippen LogP contribution in [0.15, 0.2) is 47.2 Å². The molecular weight excluding hydrogens is 280 g/mol. The lowest BCUT2D eigenvalue weighted by Crippen LogP contribution is -2.17. The number of furan rings is 1. The summed E-state index contributed by atoms with van der Waals surface area (Å²) in [5.74, 6) is 2.43. The number of nitrogens with zero attached hydrogens (tertiary/aromatic N) is 2. The molecule has 0 saturated heterocycles. The van der Waals surface area contributed by atoms with E-state index in [1.54, 1.807) is 26.7 Å². The molecule has 5 nitrogen and oxygen atoms in total. The highest BCUT2D eigenvalue weighted by Gasteiger charge is 2.11. The summed E-state index contributed by atoms with van der Waals surface area (Å²) in [6, 6.07) is 9.64. The van der Waals surface area contributed by atoms with E-state index in [0.29, 0.717) is 6.54 Å². The summed E-state index contributed by atoms with van der Waals surface area (Å²) in [6.45, 7) is 0.685. The van der Waals surface area contributed by atoms with Crippen molar-refractivity contribution in [1.82, 2.24) is 4.98 Å². The zero-order chi connectivity index (χ0) is 15.5. The number of aromatic nitrogens is 1. The van der Waals surface area contributed by atoms with Gasteiger partial charge in [0.05, 0.1) is 25.9 Å². The molecule has 0 aliphatic heterocycles. The van der Waals surface area contributed by atoms with Crippen molar-refractivity contribution in [3.63, 3.8) is 0 Å². The molecule has 0 aliphatic rings. The van der Waals surface area contributed by atoms with Gasteiger partial charge in [0, 0.05) is 25.9 Å². The van der Waals surface area contributed by atoms with Crippen LogP contribution in [-0.2, 0) is 6.54 Å². The highest BCUT2D eigenvalue weighted by molar-refractivity contribution is 5.88. The molecule has 0 fully saturated rings. The summed E-state index contributed by atoms with van der Waals surface area (Å²) in [5, 5.41) is 1.000. The van der Waals surface area contributed by atoms with Crippen LogP contribution >= 0.6 is 0 Å². The Labute approximate surface area is 129 Å². The zero-order valence-corrected chi connectivity index (χ0v) is 12.9. The third-order valence-corrected chi connectivity index (χ3v) is 3.55. The first-order valence-electron chi connectivity index (χ1n) is 6.96. The Morgan fingerprint density at radius 3 is 2.50 bits per heavy atom. The third-order valence-electron chi connectivity index (χ3n) is 3.55. The van der Waals surface area contributed by atoms with Crippen molar-refractivity contribution in [3.05, 3.63) is 48.4 Å². The largest absolute Gasteiger partial charge is 0.497 e. The van der Waals surface area contributed by atoms with E-state index in [1.165, 1.54) is 0 Å². The highest BCUT2D eigenvalue weighted by Crippen LogP contribution is 2.27. The minimum atomic E-state index is 0.685. The molecule has 1 aromatic carbocycles. The minimum Gasteiger partial charge on any atom is -0.497 e. The van der Waals surface area contributed by atoms with Crippen molar-refractivity contribution in [2.45, 2.75) is 6.54 Å². The second-order valence-electron chi connectivity index (χ2n) is 5.04. The van der Waals surface area contributed by atoms with Crippen molar-refractivity contribution in [3.8, 4) is 11.5 Å². The molecule has 3 aromatic rings. The SMILES string of the molecule is COc1cc(CN(C)c2nccc3occc23)cc(OC)c1. The molecule has 114 valence electrons. The van der Waals surface area contributed by atoms with Crippen LogP contribution in [0.4, 0.5) is 5.82 Å². The average molecular weight is 298 g/mol. The van der Waals surface area contributed by atoms with E-state index in [-0.39, 0.29) is 0 Å². The van der Waals surface area contributed by atoms with E-state index < -0.39 is 0 Å². The lowest BCUT2D eigenvalue weighted by molar-refractivity contribution is 0.393. The number of methoxy groups -OCH3 is 2. The first-order chi connectivity index (χ1) is 10.7. The van der Waals surface area contributed by atoms with Crippen LogP contribution in [0.25, 0.3) is 11.0 Å². The molecule has 0 saturated carbocycles. The molecule has 0 atom stereocenters. The number of benzene rings is 1. The van der Waals surface area contributed by atoms with Crippen LogP contribution in [0.5, 0.6) is 11.5 Å². The predicted molar refractivity (Wildman–Crippen MR) is 85.7 cm³/mol. The molecule has 3 rings (SSSR count). The van der Waals surface area contributed by atoms with Crippen molar-refractivity contribution >= 4 is 16.8 Å². The molecule has 0 radical (unpaired) electrons. The van der Waals surface area contributed by atoms with Crippen LogP contribution < -0.4 is 14.4 Å². The number of ether oxygens (including phenoxy) is 2. The van der Waals surface area contributed by atoms with Crippen molar-refractivity contribution < 1.29 is 13.9 Å². The fraction of sp³-hybridized carbons (Fsp3) is 0.235. The lowest BCUT2D eigenvalue weighted by Gasteiger charge is -2.19. The van der Waals surface area contributed by atoms with Crippen molar-refractivity contribution in [2.75, 3.05) is 26.2 Å². The average Bonchev–Trinajstić information content (AvgIpc) is 3.02. The fourth-order valence-corrected chi connectivity index (χ4v) is 2.49. The van der Waals surface area contributed by atoms with Gasteiger partial charge in [-0.2, -0.15) is 0 Å². The Balaban J connectivity index is 1.91. The number of anilines is 1. The van der Waals surface area contributed by atoms with E-state index in [9.17, 15) is 0 Å². The van der Waals surface area contributed by atoms with Gasteiger partial charge < -0.3 is 18.8 Å². The Morgan fingerprint density at radius 2 is 1.82 bits per heavy atom. The Morgan fingerprint density at radius 1 is 1.09 bits per heavy atom. The van der Waals surface area contributed by atoms with Gasteiger partial charge in [-0.3, -0.25) is 0 Å². The van der Waals surface area contributed by atoms with Gasteiger partial charge >= 0.3 is 0 Å². The highest BCUT2D eigenvalue weighted by atomic mass is 16.5. The Kier molecular flexibility index (Phi) is 3.87. The van der Waals surface area contributed by atoms with E-state index in [4.69, 9.17) is 13.9 Å². The first-order valence-corrected chi connectivity index (χ1v) is 6.96. The van der Waals surface area contributed by atoms with Crippen LogP contribution in [-0.4, -0.2) is 26.3 Å². The minimum absolute atomic E-state index is 0.685. The van der Waals surface area contributed by atoms with Gasteiger partial charge in [0.15, 0.2) is 0 Å². The molecule has 0 aliphatic carbocycles. The van der Waals surface area contributed by atoms with Gasteiger partial charge in [-0.05, 0) is 29.8 Å². The van der Waals surface area contributed by atoms with Crippen LogP contribution in [0, 0.1) is 0 Å². The van der Waals surface area contributed by atoms with Gasteiger partial charge in [0.25, 0.3) is 0 Å². The number of pyridine rings is 1. The molecule has 0 N–H and O–H groups in total. The second-order valence-corrected chi connectivity index (χ2v) is 5.04. The number of fused-ring (bicyclic) bond motifs is 1. The van der Waals surface area contributed by atoms with Crippen LogP contribution in [0.2, 0.25) is 0 Å². The lowest BCUT2D eigenvalue weighted by atomic mass is 10.2. The van der Waals surface area contributed by atoms with Gasteiger partial charge in [0.1, 0.15) is 22.9 Å². The molecule has 0 amide bonds. The van der Waals surface area contributed by atoms with Gasteiger partial charge in [-0.15, -0.1) is 0 Å². The third kappa shape index (κ3) is 2.70. The summed E-state index contributed by atoms with van der Waals surface area (Å²) >= 11 is 0. The molecule has 22 heavy (non-hydrogen) atoms. The Hall–Kier alpha value is -2.69. The predicted octanol–water partition coefficient (Wildman–Crippen LogP) is 3.48. The molecule has 0 spiro atoms. The van der Waals surface area contributed by atoms with Gasteiger partial charge in [-0.1, -0.05) is 0 Å². The van der Waals surface area contributed by atoms with Gasteiger partial charge in [-0.25, -0.2) is 4.98 Å². The van der Waals surface area contributed by atoms with Crippen LogP contribution in [0.3, 0.4) is 0 Å². The maximum absolute atomic E-state index is 5.43. The van der Waals surface area contributed by atoms with E-state index in [0.717, 1.165) is 33.8 Å².